The highest BCUT2D eigenvalue weighted by Crippen LogP contribution is 2.31. The monoisotopic (exact) mass is 334 g/mol. The molecule has 2 heterocycles. The summed E-state index contributed by atoms with van der Waals surface area (Å²) in [4.78, 5) is 17.4. The van der Waals surface area contributed by atoms with Crippen LogP contribution in [0.3, 0.4) is 0 Å². The molecule has 0 saturated carbocycles. The highest BCUT2D eigenvalue weighted by atomic mass is 32.1. The summed E-state index contributed by atoms with van der Waals surface area (Å²) >= 11 is 1.41. The van der Waals surface area contributed by atoms with Crippen LogP contribution in [0, 0.1) is 12.7 Å². The van der Waals surface area contributed by atoms with Crippen molar-refractivity contribution in [2.75, 3.05) is 19.0 Å². The highest BCUT2D eigenvalue weighted by molar-refractivity contribution is 7.22. The predicted octanol–water partition coefficient (Wildman–Crippen LogP) is 2.75. The van der Waals surface area contributed by atoms with Gasteiger partial charge in [-0.2, -0.15) is 5.10 Å². The second kappa shape index (κ2) is 5.62. The maximum Gasteiger partial charge on any atom is 0.356 e. The second-order valence-corrected chi connectivity index (χ2v) is 6.45. The number of fused-ring (bicyclic) bond motifs is 1. The molecule has 0 aliphatic carbocycles. The Balaban J connectivity index is 2.07. The van der Waals surface area contributed by atoms with E-state index in [-0.39, 0.29) is 18.1 Å². The van der Waals surface area contributed by atoms with Crippen LogP contribution in [0.15, 0.2) is 18.2 Å². The number of aryl methyl sites for hydroxylation is 1. The fourth-order valence-electron chi connectivity index (χ4n) is 2.30. The Labute approximate surface area is 135 Å². The van der Waals surface area contributed by atoms with Gasteiger partial charge in [0.05, 0.1) is 16.8 Å². The van der Waals surface area contributed by atoms with Crippen molar-refractivity contribution >= 4 is 32.7 Å². The zero-order valence-corrected chi connectivity index (χ0v) is 13.7. The van der Waals surface area contributed by atoms with Crippen LogP contribution in [0.2, 0.25) is 0 Å². The number of carboxylic acids is 1. The molecule has 0 saturated heterocycles. The van der Waals surface area contributed by atoms with E-state index in [2.05, 4.69) is 10.1 Å². The molecule has 23 heavy (non-hydrogen) atoms. The number of hydrogen-bond donors (Lipinski definition) is 1. The molecule has 0 atom stereocenters. The lowest BCUT2D eigenvalue weighted by Gasteiger charge is -2.06. The summed E-state index contributed by atoms with van der Waals surface area (Å²) in [6, 6.07) is 4.37. The largest absolute Gasteiger partial charge is 0.476 e. The Hall–Kier alpha value is -2.48. The normalized spacial score (nSPS) is 11.1. The van der Waals surface area contributed by atoms with Crippen molar-refractivity contribution < 1.29 is 14.3 Å². The van der Waals surface area contributed by atoms with Crippen LogP contribution in [0.1, 0.15) is 21.7 Å². The van der Waals surface area contributed by atoms with Crippen LogP contribution in [0.25, 0.3) is 10.2 Å². The van der Waals surface area contributed by atoms with Gasteiger partial charge in [-0.05, 0) is 25.1 Å². The van der Waals surface area contributed by atoms with Gasteiger partial charge in [-0.1, -0.05) is 11.3 Å². The number of rotatable bonds is 4. The summed E-state index contributed by atoms with van der Waals surface area (Å²) in [5, 5.41) is 13.8. The summed E-state index contributed by atoms with van der Waals surface area (Å²) in [5.41, 5.74) is 2.06. The second-order valence-electron chi connectivity index (χ2n) is 5.44. The third kappa shape index (κ3) is 2.89. The Morgan fingerprint density at radius 3 is 2.74 bits per heavy atom. The number of hydrogen-bond acceptors (Lipinski definition) is 5. The zero-order valence-electron chi connectivity index (χ0n) is 12.9. The van der Waals surface area contributed by atoms with Gasteiger partial charge in [0.1, 0.15) is 5.82 Å². The number of nitrogens with zero attached hydrogens (tertiary/aromatic N) is 4. The number of anilines is 1. The molecule has 1 aromatic carbocycles. The van der Waals surface area contributed by atoms with E-state index in [1.165, 1.54) is 29.5 Å². The van der Waals surface area contributed by atoms with Gasteiger partial charge in [0.2, 0.25) is 0 Å². The van der Waals surface area contributed by atoms with Gasteiger partial charge in [-0.3, -0.25) is 4.68 Å². The van der Waals surface area contributed by atoms with Crippen LogP contribution in [-0.2, 0) is 6.54 Å². The van der Waals surface area contributed by atoms with Crippen LogP contribution >= 0.6 is 11.3 Å². The fraction of sp³-hybridized carbons (Fsp3) is 0.267. The van der Waals surface area contributed by atoms with Crippen molar-refractivity contribution in [3.05, 3.63) is 41.0 Å². The van der Waals surface area contributed by atoms with Crippen molar-refractivity contribution in [1.29, 1.82) is 0 Å². The quantitative estimate of drug-likeness (QED) is 0.794. The van der Waals surface area contributed by atoms with Gasteiger partial charge < -0.3 is 10.0 Å². The predicted molar refractivity (Wildman–Crippen MR) is 86.9 cm³/mol. The maximum atomic E-state index is 13.9. The van der Waals surface area contributed by atoms with Gasteiger partial charge >= 0.3 is 5.97 Å². The minimum absolute atomic E-state index is 0.0256. The average Bonchev–Trinajstić information content (AvgIpc) is 3.03. The first-order valence-corrected chi connectivity index (χ1v) is 7.71. The molecule has 0 aliphatic rings. The molecular formula is C15H15FN4O2S. The van der Waals surface area contributed by atoms with Gasteiger partial charge in [0.15, 0.2) is 10.8 Å². The van der Waals surface area contributed by atoms with Crippen LogP contribution in [0.5, 0.6) is 0 Å². The number of benzene rings is 1. The summed E-state index contributed by atoms with van der Waals surface area (Å²) in [6.45, 7) is 2.03. The van der Waals surface area contributed by atoms with Crippen LogP contribution in [0.4, 0.5) is 9.52 Å². The third-order valence-electron chi connectivity index (χ3n) is 3.43. The van der Waals surface area contributed by atoms with Crippen molar-refractivity contribution in [2.24, 2.45) is 0 Å². The third-order valence-corrected chi connectivity index (χ3v) is 4.60. The van der Waals surface area contributed by atoms with E-state index in [4.69, 9.17) is 5.11 Å². The van der Waals surface area contributed by atoms with Crippen molar-refractivity contribution in [1.82, 2.24) is 14.8 Å². The Morgan fingerprint density at radius 1 is 1.39 bits per heavy atom. The highest BCUT2D eigenvalue weighted by Gasteiger charge is 2.15. The fourth-order valence-corrected chi connectivity index (χ4v) is 3.26. The van der Waals surface area contributed by atoms with E-state index >= 15 is 0 Å². The number of aromatic carboxylic acids is 1. The molecule has 8 heteroatoms. The van der Waals surface area contributed by atoms with E-state index in [9.17, 15) is 9.18 Å². The summed E-state index contributed by atoms with van der Waals surface area (Å²) in [6.07, 6.45) is 0. The van der Waals surface area contributed by atoms with E-state index in [0.717, 1.165) is 9.83 Å². The van der Waals surface area contributed by atoms with Gasteiger partial charge in [-0.25, -0.2) is 14.2 Å². The van der Waals surface area contributed by atoms with Gasteiger partial charge in [0.25, 0.3) is 0 Å². The molecule has 6 nitrogen and oxygen atoms in total. The molecule has 0 amide bonds. The molecule has 0 spiro atoms. The maximum absolute atomic E-state index is 13.9. The lowest BCUT2D eigenvalue weighted by molar-refractivity contribution is 0.0689. The summed E-state index contributed by atoms with van der Waals surface area (Å²) in [5.74, 6) is -1.43. The van der Waals surface area contributed by atoms with E-state index in [0.29, 0.717) is 16.8 Å². The van der Waals surface area contributed by atoms with Crippen LogP contribution in [-0.4, -0.2) is 39.9 Å². The molecule has 1 N–H and O–H groups in total. The minimum Gasteiger partial charge on any atom is -0.476 e. The molecule has 0 radical (unpaired) electrons. The van der Waals surface area contributed by atoms with E-state index < -0.39 is 5.97 Å². The molecule has 0 aliphatic heterocycles. The van der Waals surface area contributed by atoms with Gasteiger partial charge in [-0.15, -0.1) is 0 Å². The summed E-state index contributed by atoms with van der Waals surface area (Å²) < 4.78 is 16.2. The number of carboxylic acid groups (broad SMARTS) is 1. The molecule has 0 fully saturated rings. The molecule has 3 aromatic rings. The lowest BCUT2D eigenvalue weighted by Crippen LogP contribution is -2.08. The Bertz CT molecular complexity index is 900. The molecule has 120 valence electrons. The first-order chi connectivity index (χ1) is 10.8. The summed E-state index contributed by atoms with van der Waals surface area (Å²) in [7, 11) is 3.76. The van der Waals surface area contributed by atoms with Gasteiger partial charge in [0, 0.05) is 25.4 Å². The minimum atomic E-state index is -1.08. The number of halogens is 1. The lowest BCUT2D eigenvalue weighted by atomic mass is 10.2. The van der Waals surface area contributed by atoms with Crippen molar-refractivity contribution in [3.8, 4) is 0 Å². The van der Waals surface area contributed by atoms with E-state index in [1.807, 2.05) is 19.0 Å². The number of thiazole rings is 1. The molecule has 3 rings (SSSR count). The first kappa shape index (κ1) is 15.4. The van der Waals surface area contributed by atoms with E-state index in [1.54, 1.807) is 11.6 Å². The first-order valence-electron chi connectivity index (χ1n) is 6.89. The van der Waals surface area contributed by atoms with Crippen molar-refractivity contribution in [3.63, 3.8) is 0 Å². The molecule has 2 aromatic heterocycles. The Morgan fingerprint density at radius 2 is 2.13 bits per heavy atom. The average molecular weight is 334 g/mol. The standard InChI is InChI=1S/C15H15FN4O2S/c1-8-4-11(14(21)22)18-20(8)7-9-5-10(16)6-12-13(9)17-15(23-12)19(2)3/h4-6H,7H2,1-3H3,(H,21,22). The molecular weight excluding hydrogens is 319 g/mol. The molecule has 0 bridgehead atoms. The zero-order chi connectivity index (χ0) is 16.7. The van der Waals surface area contributed by atoms with Crippen LogP contribution < -0.4 is 4.90 Å². The molecule has 0 unspecified atom stereocenters. The topological polar surface area (TPSA) is 71.2 Å². The number of aromatic nitrogens is 3. The SMILES string of the molecule is Cc1cc(C(=O)O)nn1Cc1cc(F)cc2sc(N(C)C)nc12. The Kier molecular flexibility index (Phi) is 3.77. The van der Waals surface area contributed by atoms with Crippen molar-refractivity contribution in [2.45, 2.75) is 13.5 Å². The smallest absolute Gasteiger partial charge is 0.356 e. The number of carbonyl (C=O) groups is 1.